The van der Waals surface area contributed by atoms with Gasteiger partial charge in [-0.2, -0.15) is 0 Å². The molecule has 26 heavy (non-hydrogen) atoms. The van der Waals surface area contributed by atoms with Gasteiger partial charge in [-0.25, -0.2) is 4.98 Å². The van der Waals surface area contributed by atoms with Gasteiger partial charge in [-0.15, -0.1) is 0 Å². The monoisotopic (exact) mass is 361 g/mol. The van der Waals surface area contributed by atoms with Crippen molar-refractivity contribution in [1.29, 1.82) is 0 Å². The number of anilines is 1. The Bertz CT molecular complexity index is 821. The molecule has 1 N–H and O–H groups in total. The number of nitro benzene ring substituents is 1. The van der Waals surface area contributed by atoms with Crippen molar-refractivity contribution in [3.63, 3.8) is 0 Å². The van der Waals surface area contributed by atoms with Gasteiger partial charge in [-0.3, -0.25) is 14.9 Å². The number of carbonyl (C=O) groups is 1. The minimum Gasteiger partial charge on any atom is -0.494 e. The Morgan fingerprint density at radius 2 is 2.08 bits per heavy atom. The maximum absolute atomic E-state index is 12.2. The number of rotatable bonds is 6. The van der Waals surface area contributed by atoms with Crippen molar-refractivity contribution in [2.24, 2.45) is 0 Å². The summed E-state index contributed by atoms with van der Waals surface area (Å²) in [5, 5.41) is 13.5. The van der Waals surface area contributed by atoms with E-state index in [0.717, 1.165) is 5.69 Å². The van der Waals surface area contributed by atoms with E-state index in [2.05, 4.69) is 10.3 Å². The Morgan fingerprint density at radius 1 is 1.38 bits per heavy atom. The van der Waals surface area contributed by atoms with Crippen molar-refractivity contribution >= 4 is 17.3 Å². The molecule has 0 radical (unpaired) electrons. The van der Waals surface area contributed by atoms with E-state index in [9.17, 15) is 14.9 Å². The number of aryl methyl sites for hydroxylation is 2. The largest absolute Gasteiger partial charge is 0.494 e. The third kappa shape index (κ3) is 4.59. The average molecular weight is 361 g/mol. The van der Waals surface area contributed by atoms with Crippen LogP contribution in [0.5, 0.6) is 5.75 Å². The number of nitrogens with one attached hydrogen (secondary N) is 1. The van der Waals surface area contributed by atoms with E-state index in [0.29, 0.717) is 23.8 Å². The standard InChI is InChI=1S/C18H23N3O5/c1-11-14(26-17(19-11)18(2,3)4)8-9-16(22)20-13-7-6-12(21(23)24)10-15(13)25-5/h6-7,10H,8-9H2,1-5H3,(H,20,22). The molecule has 1 amide bonds. The number of amides is 1. The minimum atomic E-state index is -0.520. The van der Waals surface area contributed by atoms with Crippen LogP contribution in [-0.2, 0) is 16.6 Å². The number of ether oxygens (including phenoxy) is 1. The molecule has 0 fully saturated rings. The van der Waals surface area contributed by atoms with Crippen LogP contribution in [-0.4, -0.2) is 22.9 Å². The second kappa shape index (κ2) is 7.55. The summed E-state index contributed by atoms with van der Waals surface area (Å²) in [6.07, 6.45) is 0.607. The Hall–Kier alpha value is -2.90. The number of aromatic nitrogens is 1. The summed E-state index contributed by atoms with van der Waals surface area (Å²) in [6, 6.07) is 4.03. The van der Waals surface area contributed by atoms with E-state index in [4.69, 9.17) is 9.15 Å². The number of hydrogen-bond donors (Lipinski definition) is 1. The highest BCUT2D eigenvalue weighted by molar-refractivity contribution is 5.92. The molecule has 0 aliphatic heterocycles. The van der Waals surface area contributed by atoms with Gasteiger partial charge in [-0.1, -0.05) is 20.8 Å². The first-order chi connectivity index (χ1) is 12.1. The highest BCUT2D eigenvalue weighted by Gasteiger charge is 2.22. The zero-order valence-corrected chi connectivity index (χ0v) is 15.6. The van der Waals surface area contributed by atoms with Crippen LogP contribution in [0.15, 0.2) is 22.6 Å². The summed E-state index contributed by atoms with van der Waals surface area (Å²) in [7, 11) is 1.39. The number of benzene rings is 1. The number of carbonyl (C=O) groups excluding carboxylic acids is 1. The SMILES string of the molecule is COc1cc([N+](=O)[O-])ccc1NC(=O)CCc1oc(C(C)(C)C)nc1C. The van der Waals surface area contributed by atoms with Crippen LogP contribution in [0, 0.1) is 17.0 Å². The lowest BCUT2D eigenvalue weighted by molar-refractivity contribution is -0.384. The van der Waals surface area contributed by atoms with Crippen molar-refractivity contribution in [3.05, 3.63) is 45.7 Å². The molecular weight excluding hydrogens is 338 g/mol. The Labute approximate surface area is 151 Å². The Kier molecular flexibility index (Phi) is 5.64. The lowest BCUT2D eigenvalue weighted by Gasteiger charge is -2.12. The molecule has 0 bridgehead atoms. The maximum Gasteiger partial charge on any atom is 0.273 e. The van der Waals surface area contributed by atoms with E-state index in [1.807, 2.05) is 27.7 Å². The Balaban J connectivity index is 2.04. The smallest absolute Gasteiger partial charge is 0.273 e. The molecule has 0 saturated carbocycles. The van der Waals surface area contributed by atoms with Crippen molar-refractivity contribution < 1.29 is 18.9 Å². The second-order valence-corrected chi connectivity index (χ2v) is 6.97. The summed E-state index contributed by atoms with van der Waals surface area (Å²) in [5.41, 5.74) is 0.854. The van der Waals surface area contributed by atoms with Crippen molar-refractivity contribution in [2.75, 3.05) is 12.4 Å². The molecule has 0 spiro atoms. The first-order valence-corrected chi connectivity index (χ1v) is 8.21. The van der Waals surface area contributed by atoms with Gasteiger partial charge in [0.05, 0.1) is 29.5 Å². The molecule has 140 valence electrons. The summed E-state index contributed by atoms with van der Waals surface area (Å²) < 4.78 is 10.9. The second-order valence-electron chi connectivity index (χ2n) is 6.97. The summed E-state index contributed by atoms with van der Waals surface area (Å²) in [4.78, 5) is 26.9. The van der Waals surface area contributed by atoms with Gasteiger partial charge in [0.2, 0.25) is 5.91 Å². The van der Waals surface area contributed by atoms with Crippen LogP contribution in [0.4, 0.5) is 11.4 Å². The van der Waals surface area contributed by atoms with Crippen molar-refractivity contribution in [3.8, 4) is 5.75 Å². The summed E-state index contributed by atoms with van der Waals surface area (Å²) in [6.45, 7) is 7.88. The highest BCUT2D eigenvalue weighted by atomic mass is 16.6. The van der Waals surface area contributed by atoms with Gasteiger partial charge in [0.25, 0.3) is 5.69 Å². The molecule has 2 aromatic rings. The van der Waals surface area contributed by atoms with Crippen molar-refractivity contribution in [1.82, 2.24) is 4.98 Å². The van der Waals surface area contributed by atoms with E-state index in [1.54, 1.807) is 0 Å². The number of hydrogen-bond acceptors (Lipinski definition) is 6. The molecule has 0 unspecified atom stereocenters. The van der Waals surface area contributed by atoms with Crippen LogP contribution >= 0.6 is 0 Å². The van der Waals surface area contributed by atoms with Gasteiger partial charge < -0.3 is 14.5 Å². The Morgan fingerprint density at radius 3 is 2.62 bits per heavy atom. The van der Waals surface area contributed by atoms with E-state index in [1.165, 1.54) is 25.3 Å². The molecule has 0 atom stereocenters. The quantitative estimate of drug-likeness (QED) is 0.620. The number of nitro groups is 1. The van der Waals surface area contributed by atoms with E-state index >= 15 is 0 Å². The number of methoxy groups -OCH3 is 1. The lowest BCUT2D eigenvalue weighted by Crippen LogP contribution is -2.13. The summed E-state index contributed by atoms with van der Waals surface area (Å²) >= 11 is 0. The van der Waals surface area contributed by atoms with Crippen molar-refractivity contribution in [2.45, 2.75) is 46.0 Å². The molecule has 0 aliphatic rings. The normalized spacial score (nSPS) is 11.3. The third-order valence-electron chi connectivity index (χ3n) is 3.78. The highest BCUT2D eigenvalue weighted by Crippen LogP contribution is 2.29. The van der Waals surface area contributed by atoms with Gasteiger partial charge in [-0.05, 0) is 13.0 Å². The average Bonchev–Trinajstić information content (AvgIpc) is 2.94. The molecule has 0 aliphatic carbocycles. The molecular formula is C18H23N3O5. The van der Waals surface area contributed by atoms with Crippen LogP contribution in [0.1, 0.15) is 44.5 Å². The summed E-state index contributed by atoms with van der Waals surface area (Å²) in [5.74, 6) is 1.31. The molecule has 1 aromatic heterocycles. The van der Waals surface area contributed by atoms with Gasteiger partial charge in [0.1, 0.15) is 11.5 Å². The van der Waals surface area contributed by atoms with Crippen LogP contribution in [0.25, 0.3) is 0 Å². The van der Waals surface area contributed by atoms with Crippen LogP contribution < -0.4 is 10.1 Å². The minimum absolute atomic E-state index is 0.105. The molecule has 8 nitrogen and oxygen atoms in total. The topological polar surface area (TPSA) is 108 Å². The van der Waals surface area contributed by atoms with E-state index in [-0.39, 0.29) is 29.2 Å². The third-order valence-corrected chi connectivity index (χ3v) is 3.78. The number of non-ortho nitro benzene ring substituents is 1. The van der Waals surface area contributed by atoms with Gasteiger partial charge >= 0.3 is 0 Å². The fourth-order valence-corrected chi connectivity index (χ4v) is 2.32. The molecule has 1 heterocycles. The first-order valence-electron chi connectivity index (χ1n) is 8.21. The van der Waals surface area contributed by atoms with Gasteiger partial charge in [0.15, 0.2) is 5.89 Å². The fraction of sp³-hybridized carbons (Fsp3) is 0.444. The zero-order chi connectivity index (χ0) is 19.5. The lowest BCUT2D eigenvalue weighted by atomic mass is 9.97. The van der Waals surface area contributed by atoms with Crippen LogP contribution in [0.3, 0.4) is 0 Å². The molecule has 2 rings (SSSR count). The predicted octanol–water partition coefficient (Wildman–Crippen LogP) is 3.77. The van der Waals surface area contributed by atoms with Gasteiger partial charge in [0, 0.05) is 24.3 Å². The molecule has 8 heteroatoms. The number of nitrogens with zero attached hydrogens (tertiary/aromatic N) is 2. The van der Waals surface area contributed by atoms with E-state index < -0.39 is 4.92 Å². The zero-order valence-electron chi connectivity index (χ0n) is 15.6. The predicted molar refractivity (Wildman–Crippen MR) is 96.5 cm³/mol. The maximum atomic E-state index is 12.2. The molecule has 0 saturated heterocycles. The first kappa shape index (κ1) is 19.4. The molecule has 1 aromatic carbocycles. The van der Waals surface area contributed by atoms with Crippen LogP contribution in [0.2, 0.25) is 0 Å². The fourth-order valence-electron chi connectivity index (χ4n) is 2.32. The number of oxazole rings is 1.